The minimum atomic E-state index is -1.24. The number of carbonyl (C=O) groups excluding carboxylic acids is 3. The number of nitrogens with one attached hydrogen (secondary N) is 2. The van der Waals surface area contributed by atoms with Gasteiger partial charge in [-0.25, -0.2) is 14.8 Å². The Hall–Kier alpha value is -3.27. The molecular weight excluding hydrogens is 416 g/mol. The fraction of sp³-hybridized carbons (Fsp3) is 0.500. The summed E-state index contributed by atoms with van der Waals surface area (Å²) >= 11 is 0. The number of hydrogen-bond donors (Lipinski definition) is 2. The zero-order valence-electron chi connectivity index (χ0n) is 19.4. The third-order valence-corrected chi connectivity index (χ3v) is 3.96. The fourth-order valence-corrected chi connectivity index (χ4v) is 2.77. The van der Waals surface area contributed by atoms with Gasteiger partial charge in [-0.05, 0) is 41.5 Å². The van der Waals surface area contributed by atoms with E-state index in [1.807, 2.05) is 20.8 Å². The lowest BCUT2D eigenvalue weighted by Crippen LogP contribution is -2.50. The summed E-state index contributed by atoms with van der Waals surface area (Å²) in [5, 5.41) is 2.65. The van der Waals surface area contributed by atoms with Crippen LogP contribution in [0.1, 0.15) is 74.3 Å². The number of imidazole rings is 1. The predicted molar refractivity (Wildman–Crippen MR) is 115 cm³/mol. The fourth-order valence-electron chi connectivity index (χ4n) is 2.77. The number of H-pyrrole nitrogens is 1. The molecule has 0 bridgehead atoms. The van der Waals surface area contributed by atoms with Crippen LogP contribution in [0.2, 0.25) is 0 Å². The minimum absolute atomic E-state index is 0.0133. The first kappa shape index (κ1) is 25.0. The van der Waals surface area contributed by atoms with Crippen LogP contribution < -0.4 is 10.1 Å². The molecule has 0 aromatic carbocycles. The van der Waals surface area contributed by atoms with Crippen LogP contribution in [0.25, 0.3) is 0 Å². The van der Waals surface area contributed by atoms with Gasteiger partial charge in [0.05, 0.1) is 30.9 Å². The Bertz CT molecular complexity index is 944. The smallest absolute Gasteiger partial charge is 0.332 e. The summed E-state index contributed by atoms with van der Waals surface area (Å²) in [6.07, 6.45) is 2.52. The molecule has 2 aromatic heterocycles. The van der Waals surface area contributed by atoms with Crippen LogP contribution in [0.5, 0.6) is 5.75 Å². The zero-order chi connectivity index (χ0) is 24.1. The van der Waals surface area contributed by atoms with E-state index in [0.29, 0.717) is 12.0 Å². The SMILES string of the molecule is COc1cc(C=O)nc(C(=O)N[C@H](C(=O)OC(C)(C)C)[C@@H](OC(C)(C)C)c2cnc[nH]2)c1. The predicted octanol–water partition coefficient (Wildman–Crippen LogP) is 2.62. The average molecular weight is 447 g/mol. The Morgan fingerprint density at radius 2 is 1.81 bits per heavy atom. The molecular formula is C22H30N4O6. The van der Waals surface area contributed by atoms with Gasteiger partial charge in [0.15, 0.2) is 12.3 Å². The molecule has 0 unspecified atom stereocenters. The van der Waals surface area contributed by atoms with Crippen molar-refractivity contribution < 1.29 is 28.6 Å². The normalized spacial score (nSPS) is 13.7. The molecule has 2 rings (SSSR count). The third kappa shape index (κ3) is 7.16. The number of esters is 1. The number of amides is 1. The highest BCUT2D eigenvalue weighted by molar-refractivity contribution is 5.96. The number of nitrogens with zero attached hydrogens (tertiary/aromatic N) is 2. The highest BCUT2D eigenvalue weighted by atomic mass is 16.6. The summed E-state index contributed by atoms with van der Waals surface area (Å²) in [5.74, 6) is -1.13. The van der Waals surface area contributed by atoms with Crippen molar-refractivity contribution in [1.29, 1.82) is 0 Å². The van der Waals surface area contributed by atoms with Crippen molar-refractivity contribution in [2.75, 3.05) is 7.11 Å². The topological polar surface area (TPSA) is 132 Å². The Morgan fingerprint density at radius 3 is 2.31 bits per heavy atom. The molecule has 0 spiro atoms. The van der Waals surface area contributed by atoms with Crippen LogP contribution in [0, 0.1) is 0 Å². The van der Waals surface area contributed by atoms with Crippen molar-refractivity contribution in [3.05, 3.63) is 41.7 Å². The van der Waals surface area contributed by atoms with Gasteiger partial charge in [0.25, 0.3) is 5.91 Å². The van der Waals surface area contributed by atoms with Crippen LogP contribution >= 0.6 is 0 Å². The van der Waals surface area contributed by atoms with E-state index < -0.39 is 35.2 Å². The van der Waals surface area contributed by atoms with E-state index in [2.05, 4.69) is 20.3 Å². The molecule has 0 saturated carbocycles. The van der Waals surface area contributed by atoms with E-state index in [1.165, 1.54) is 31.8 Å². The molecule has 2 N–H and O–H groups in total. The molecule has 0 aliphatic carbocycles. The Morgan fingerprint density at radius 1 is 1.12 bits per heavy atom. The quantitative estimate of drug-likeness (QED) is 0.467. The van der Waals surface area contributed by atoms with Crippen molar-refractivity contribution in [3.8, 4) is 5.75 Å². The molecule has 0 saturated heterocycles. The molecule has 10 nitrogen and oxygen atoms in total. The van der Waals surface area contributed by atoms with Crippen LogP contribution in [0.3, 0.4) is 0 Å². The second-order valence-electron chi connectivity index (χ2n) is 9.08. The van der Waals surface area contributed by atoms with Gasteiger partial charge in [-0.3, -0.25) is 9.59 Å². The molecule has 0 aliphatic heterocycles. The van der Waals surface area contributed by atoms with Crippen LogP contribution in [0.4, 0.5) is 0 Å². The maximum absolute atomic E-state index is 13.1. The molecule has 2 heterocycles. The van der Waals surface area contributed by atoms with Crippen molar-refractivity contribution in [2.45, 2.75) is 64.9 Å². The molecule has 1 amide bonds. The number of aldehydes is 1. The lowest BCUT2D eigenvalue weighted by atomic mass is 10.0. The second kappa shape index (κ2) is 9.90. The van der Waals surface area contributed by atoms with Crippen molar-refractivity contribution in [1.82, 2.24) is 20.3 Å². The number of aromatic nitrogens is 3. The van der Waals surface area contributed by atoms with Crippen molar-refractivity contribution >= 4 is 18.2 Å². The monoisotopic (exact) mass is 446 g/mol. The van der Waals surface area contributed by atoms with Crippen LogP contribution in [-0.2, 0) is 14.3 Å². The summed E-state index contributed by atoms with van der Waals surface area (Å²) in [5.41, 5.74) is -1.08. The molecule has 2 aromatic rings. The standard InChI is InChI=1S/C22H30N4O6/c1-21(2,3)31-18(16-10-23-12-24-16)17(20(29)32-22(4,5)6)26-19(28)15-9-14(30-7)8-13(11-27)25-15/h8-12,17-18H,1-7H3,(H,23,24)(H,26,28)/t17-,18-/m0/s1. The number of carbonyl (C=O) groups is 3. The van der Waals surface area contributed by atoms with Gasteiger partial charge in [-0.2, -0.15) is 0 Å². The zero-order valence-corrected chi connectivity index (χ0v) is 19.4. The van der Waals surface area contributed by atoms with E-state index in [4.69, 9.17) is 14.2 Å². The van der Waals surface area contributed by atoms with Gasteiger partial charge < -0.3 is 24.5 Å². The molecule has 0 fully saturated rings. The first-order valence-electron chi connectivity index (χ1n) is 10.0. The maximum atomic E-state index is 13.1. The first-order valence-corrected chi connectivity index (χ1v) is 10.0. The lowest BCUT2D eigenvalue weighted by molar-refractivity contribution is -0.165. The highest BCUT2D eigenvalue weighted by Crippen LogP contribution is 2.28. The van der Waals surface area contributed by atoms with E-state index in [0.717, 1.165) is 0 Å². The largest absolute Gasteiger partial charge is 0.497 e. The summed E-state index contributed by atoms with van der Waals surface area (Å²) in [4.78, 5) is 48.4. The molecule has 174 valence electrons. The first-order chi connectivity index (χ1) is 14.8. The second-order valence-corrected chi connectivity index (χ2v) is 9.08. The average Bonchev–Trinajstić information content (AvgIpc) is 3.22. The lowest BCUT2D eigenvalue weighted by Gasteiger charge is -2.33. The van der Waals surface area contributed by atoms with Gasteiger partial charge in [-0.1, -0.05) is 0 Å². The molecule has 0 radical (unpaired) electrons. The number of pyridine rings is 1. The molecule has 10 heteroatoms. The molecule has 2 atom stereocenters. The summed E-state index contributed by atoms with van der Waals surface area (Å²) < 4.78 is 16.8. The maximum Gasteiger partial charge on any atom is 0.332 e. The van der Waals surface area contributed by atoms with Gasteiger partial charge in [0, 0.05) is 12.1 Å². The van der Waals surface area contributed by atoms with Gasteiger partial charge in [0.1, 0.15) is 28.8 Å². The third-order valence-electron chi connectivity index (χ3n) is 3.96. The number of methoxy groups -OCH3 is 1. The Labute approximate surface area is 187 Å². The van der Waals surface area contributed by atoms with E-state index >= 15 is 0 Å². The Kier molecular flexibility index (Phi) is 7.73. The number of ether oxygens (including phenoxy) is 3. The van der Waals surface area contributed by atoms with E-state index in [9.17, 15) is 14.4 Å². The minimum Gasteiger partial charge on any atom is -0.497 e. The van der Waals surface area contributed by atoms with E-state index in [-0.39, 0.29) is 17.1 Å². The van der Waals surface area contributed by atoms with Gasteiger partial charge in [-0.15, -0.1) is 0 Å². The highest BCUT2D eigenvalue weighted by Gasteiger charge is 2.39. The van der Waals surface area contributed by atoms with Gasteiger partial charge in [0.2, 0.25) is 0 Å². The summed E-state index contributed by atoms with van der Waals surface area (Å²) in [6, 6.07) is 1.52. The number of aromatic amines is 1. The number of rotatable bonds is 8. The molecule has 0 aliphatic rings. The summed E-state index contributed by atoms with van der Waals surface area (Å²) in [6.45, 7) is 10.6. The van der Waals surface area contributed by atoms with Crippen LogP contribution in [-0.4, -0.2) is 57.5 Å². The Balaban J connectivity index is 2.47. The van der Waals surface area contributed by atoms with Gasteiger partial charge >= 0.3 is 5.97 Å². The van der Waals surface area contributed by atoms with Crippen molar-refractivity contribution in [3.63, 3.8) is 0 Å². The summed E-state index contributed by atoms with van der Waals surface area (Å²) in [7, 11) is 1.40. The number of hydrogen-bond acceptors (Lipinski definition) is 8. The van der Waals surface area contributed by atoms with Crippen molar-refractivity contribution in [2.24, 2.45) is 0 Å². The van der Waals surface area contributed by atoms with E-state index in [1.54, 1.807) is 20.8 Å². The van der Waals surface area contributed by atoms with Crippen LogP contribution in [0.15, 0.2) is 24.7 Å². The molecule has 32 heavy (non-hydrogen) atoms.